The molecule has 0 saturated carbocycles. The maximum absolute atomic E-state index is 11.8. The topological polar surface area (TPSA) is 101 Å². The van der Waals surface area contributed by atoms with Crippen LogP contribution in [0.4, 0.5) is 4.79 Å². The summed E-state index contributed by atoms with van der Waals surface area (Å²) in [5.41, 5.74) is -0.541. The lowest BCUT2D eigenvalue weighted by Crippen LogP contribution is -2.46. The predicted molar refractivity (Wildman–Crippen MR) is 85.4 cm³/mol. The van der Waals surface area contributed by atoms with Crippen LogP contribution in [-0.4, -0.2) is 35.4 Å². The fraction of sp³-hybridized carbons (Fsp3) is 0.625. The maximum atomic E-state index is 11.8. The smallest absolute Gasteiger partial charge is 0.407 e. The minimum Gasteiger partial charge on any atom is -0.475 e. The van der Waals surface area contributed by atoms with Crippen molar-refractivity contribution in [2.45, 2.75) is 52.8 Å². The highest BCUT2D eigenvalue weighted by Crippen LogP contribution is 2.10. The molecule has 0 bridgehead atoms. The summed E-state index contributed by atoms with van der Waals surface area (Å²) >= 11 is 0. The summed E-state index contributed by atoms with van der Waals surface area (Å²) in [7, 11) is 0. The molecule has 0 aliphatic heterocycles. The van der Waals surface area contributed by atoms with E-state index in [1.807, 2.05) is 34.6 Å². The number of carboxylic acids is 1. The lowest BCUT2D eigenvalue weighted by molar-refractivity contribution is 0.0489. The second-order valence-electron chi connectivity index (χ2n) is 6.70. The molecule has 1 atom stereocenters. The first kappa shape index (κ1) is 19.0. The molecule has 7 heteroatoms. The van der Waals surface area contributed by atoms with Gasteiger partial charge in [0.2, 0.25) is 5.76 Å². The molecular formula is C16H26N2O5. The molecule has 0 spiro atoms. The van der Waals surface area contributed by atoms with Gasteiger partial charge in [0.15, 0.2) is 0 Å². The van der Waals surface area contributed by atoms with E-state index in [1.165, 1.54) is 6.07 Å². The van der Waals surface area contributed by atoms with Gasteiger partial charge in [-0.05, 0) is 38.8 Å². The van der Waals surface area contributed by atoms with E-state index in [9.17, 15) is 9.59 Å². The number of amides is 1. The van der Waals surface area contributed by atoms with Crippen LogP contribution in [0.5, 0.6) is 0 Å². The molecule has 0 fully saturated rings. The van der Waals surface area contributed by atoms with E-state index in [1.54, 1.807) is 6.07 Å². The normalized spacial score (nSPS) is 13.0. The van der Waals surface area contributed by atoms with Crippen LogP contribution < -0.4 is 10.6 Å². The minimum absolute atomic E-state index is 0.0888. The zero-order valence-electron chi connectivity index (χ0n) is 14.3. The Labute approximate surface area is 136 Å². The van der Waals surface area contributed by atoms with Gasteiger partial charge in [0.25, 0.3) is 0 Å². The van der Waals surface area contributed by atoms with E-state index in [0.717, 1.165) is 0 Å². The molecule has 0 aliphatic rings. The van der Waals surface area contributed by atoms with Crippen LogP contribution in [0.2, 0.25) is 0 Å². The van der Waals surface area contributed by atoms with Crippen molar-refractivity contribution in [3.8, 4) is 0 Å². The number of hydrogen-bond acceptors (Lipinski definition) is 5. The van der Waals surface area contributed by atoms with Gasteiger partial charge in [-0.25, -0.2) is 9.59 Å². The number of aromatic carboxylic acids is 1. The Morgan fingerprint density at radius 1 is 1.30 bits per heavy atom. The van der Waals surface area contributed by atoms with Gasteiger partial charge in [0.05, 0.1) is 6.54 Å². The monoisotopic (exact) mass is 326 g/mol. The van der Waals surface area contributed by atoms with E-state index >= 15 is 0 Å². The van der Waals surface area contributed by atoms with Crippen molar-refractivity contribution >= 4 is 12.1 Å². The standard InChI is InChI=1S/C16H26N2O5/c1-10(2)12(18-15(21)23-16(3,4)5)9-17-8-11-6-7-13(22-11)14(19)20/h6-7,10,12,17H,8-9H2,1-5H3,(H,18,21)(H,19,20). The van der Waals surface area contributed by atoms with E-state index < -0.39 is 17.7 Å². The SMILES string of the molecule is CC(C)C(CNCc1ccc(C(=O)O)o1)NC(=O)OC(C)(C)C. The molecule has 1 heterocycles. The molecule has 7 nitrogen and oxygen atoms in total. The van der Waals surface area contributed by atoms with Gasteiger partial charge in [0, 0.05) is 12.6 Å². The van der Waals surface area contributed by atoms with Crippen molar-refractivity contribution < 1.29 is 23.8 Å². The Hall–Kier alpha value is -2.02. The average molecular weight is 326 g/mol. The van der Waals surface area contributed by atoms with Crippen LogP contribution in [0.3, 0.4) is 0 Å². The van der Waals surface area contributed by atoms with Crippen molar-refractivity contribution in [2.75, 3.05) is 6.54 Å². The van der Waals surface area contributed by atoms with Crippen molar-refractivity contribution in [2.24, 2.45) is 5.92 Å². The van der Waals surface area contributed by atoms with Crippen molar-refractivity contribution in [1.29, 1.82) is 0 Å². The number of ether oxygens (including phenoxy) is 1. The molecule has 3 N–H and O–H groups in total. The molecule has 130 valence electrons. The fourth-order valence-corrected chi connectivity index (χ4v) is 1.85. The number of alkyl carbamates (subject to hydrolysis) is 1. The molecule has 0 aromatic carbocycles. The zero-order valence-corrected chi connectivity index (χ0v) is 14.3. The van der Waals surface area contributed by atoms with E-state index in [-0.39, 0.29) is 17.7 Å². The first-order valence-electron chi connectivity index (χ1n) is 7.60. The number of rotatable bonds is 7. The highest BCUT2D eigenvalue weighted by molar-refractivity contribution is 5.84. The average Bonchev–Trinajstić information content (AvgIpc) is 2.84. The first-order chi connectivity index (χ1) is 10.6. The van der Waals surface area contributed by atoms with Gasteiger partial charge in [-0.3, -0.25) is 0 Å². The van der Waals surface area contributed by atoms with Crippen LogP contribution in [0.1, 0.15) is 50.9 Å². The van der Waals surface area contributed by atoms with Gasteiger partial charge in [0.1, 0.15) is 11.4 Å². The molecule has 1 rings (SSSR count). The Balaban J connectivity index is 2.46. The molecule has 0 aliphatic carbocycles. The van der Waals surface area contributed by atoms with E-state index in [0.29, 0.717) is 18.8 Å². The first-order valence-corrected chi connectivity index (χ1v) is 7.60. The molecule has 1 amide bonds. The summed E-state index contributed by atoms with van der Waals surface area (Å²) in [6.45, 7) is 10.3. The maximum Gasteiger partial charge on any atom is 0.407 e. The van der Waals surface area contributed by atoms with Gasteiger partial charge < -0.3 is 24.9 Å². The highest BCUT2D eigenvalue weighted by atomic mass is 16.6. The third-order valence-electron chi connectivity index (χ3n) is 3.04. The van der Waals surface area contributed by atoms with Gasteiger partial charge in [-0.1, -0.05) is 13.8 Å². The van der Waals surface area contributed by atoms with Crippen molar-refractivity contribution in [3.05, 3.63) is 23.7 Å². The minimum atomic E-state index is -1.09. The Bertz CT molecular complexity index is 531. The predicted octanol–water partition coefficient (Wildman–Crippen LogP) is 2.62. The summed E-state index contributed by atoms with van der Waals surface area (Å²) in [5, 5.41) is 14.8. The third kappa shape index (κ3) is 7.19. The Kier molecular flexibility index (Phi) is 6.62. The van der Waals surface area contributed by atoms with Gasteiger partial charge in [-0.2, -0.15) is 0 Å². The van der Waals surface area contributed by atoms with Crippen LogP contribution >= 0.6 is 0 Å². The second kappa shape index (κ2) is 8.01. The highest BCUT2D eigenvalue weighted by Gasteiger charge is 2.21. The summed E-state index contributed by atoms with van der Waals surface area (Å²) in [6, 6.07) is 2.92. The van der Waals surface area contributed by atoms with E-state index in [2.05, 4.69) is 10.6 Å². The van der Waals surface area contributed by atoms with Crippen LogP contribution in [0, 0.1) is 5.92 Å². The molecular weight excluding hydrogens is 300 g/mol. The second-order valence-corrected chi connectivity index (χ2v) is 6.70. The summed E-state index contributed by atoms with van der Waals surface area (Å²) in [6.07, 6.45) is -0.454. The van der Waals surface area contributed by atoms with Crippen LogP contribution in [-0.2, 0) is 11.3 Å². The van der Waals surface area contributed by atoms with Gasteiger partial charge >= 0.3 is 12.1 Å². The number of carbonyl (C=O) groups is 2. The summed E-state index contributed by atoms with van der Waals surface area (Å²) < 4.78 is 10.4. The zero-order chi connectivity index (χ0) is 17.6. The van der Waals surface area contributed by atoms with Crippen LogP contribution in [0.25, 0.3) is 0 Å². The molecule has 1 aromatic rings. The van der Waals surface area contributed by atoms with Crippen LogP contribution in [0.15, 0.2) is 16.5 Å². The largest absolute Gasteiger partial charge is 0.475 e. The molecule has 1 unspecified atom stereocenters. The molecule has 0 saturated heterocycles. The third-order valence-corrected chi connectivity index (χ3v) is 3.04. The molecule has 1 aromatic heterocycles. The van der Waals surface area contributed by atoms with Crippen molar-refractivity contribution in [3.63, 3.8) is 0 Å². The molecule has 23 heavy (non-hydrogen) atoms. The number of nitrogens with one attached hydrogen (secondary N) is 2. The number of furan rings is 1. The quantitative estimate of drug-likeness (QED) is 0.712. The summed E-state index contributed by atoms with van der Waals surface area (Å²) in [4.78, 5) is 22.6. The number of hydrogen-bond donors (Lipinski definition) is 3. The lowest BCUT2D eigenvalue weighted by atomic mass is 10.0. The number of carboxylic acid groups (broad SMARTS) is 1. The Morgan fingerprint density at radius 3 is 2.43 bits per heavy atom. The summed E-state index contributed by atoms with van der Waals surface area (Å²) in [5.74, 6) is -0.444. The van der Waals surface area contributed by atoms with E-state index in [4.69, 9.17) is 14.3 Å². The van der Waals surface area contributed by atoms with Crippen molar-refractivity contribution in [1.82, 2.24) is 10.6 Å². The fourth-order valence-electron chi connectivity index (χ4n) is 1.85. The lowest BCUT2D eigenvalue weighted by Gasteiger charge is -2.26. The number of carbonyl (C=O) groups excluding carboxylic acids is 1. The van der Waals surface area contributed by atoms with Gasteiger partial charge in [-0.15, -0.1) is 0 Å². The molecule has 0 radical (unpaired) electrons. The Morgan fingerprint density at radius 2 is 1.96 bits per heavy atom.